The maximum Gasteiger partial charge on any atom is 0.253 e. The number of methoxy groups -OCH3 is 1. The molecule has 0 unspecified atom stereocenters. The second-order valence-electron chi connectivity index (χ2n) is 6.36. The van der Waals surface area contributed by atoms with Crippen molar-refractivity contribution in [2.24, 2.45) is 0 Å². The number of halogens is 1. The van der Waals surface area contributed by atoms with Gasteiger partial charge in [-0.2, -0.15) is 0 Å². The normalized spacial score (nSPS) is 15.8. The van der Waals surface area contributed by atoms with Gasteiger partial charge in [-0.15, -0.1) is 0 Å². The Bertz CT molecular complexity index is 886. The highest BCUT2D eigenvalue weighted by atomic mass is 35.5. The van der Waals surface area contributed by atoms with Gasteiger partial charge in [0.2, 0.25) is 5.91 Å². The Morgan fingerprint density at radius 2 is 2.11 bits per heavy atom. The molecule has 0 bridgehead atoms. The van der Waals surface area contributed by atoms with Crippen LogP contribution in [0.3, 0.4) is 0 Å². The predicted molar refractivity (Wildman–Crippen MR) is 109 cm³/mol. The van der Waals surface area contributed by atoms with Crippen LogP contribution in [0.1, 0.15) is 16.8 Å². The number of anilines is 2. The monoisotopic (exact) mass is 400 g/mol. The van der Waals surface area contributed by atoms with Gasteiger partial charge in [0.05, 0.1) is 13.3 Å². The molecule has 0 radical (unpaired) electrons. The van der Waals surface area contributed by atoms with Crippen molar-refractivity contribution in [2.75, 3.05) is 30.8 Å². The number of aromatic nitrogens is 1. The minimum Gasteiger partial charge on any atom is -0.495 e. The number of hydrogen-bond acceptors (Lipinski definition) is 5. The van der Waals surface area contributed by atoms with Crippen molar-refractivity contribution >= 4 is 34.9 Å². The van der Waals surface area contributed by atoms with Crippen molar-refractivity contribution in [3.05, 3.63) is 59.8 Å². The van der Waals surface area contributed by atoms with E-state index >= 15 is 0 Å². The van der Waals surface area contributed by atoms with Crippen molar-refractivity contribution in [3.63, 3.8) is 0 Å². The van der Waals surface area contributed by atoms with Gasteiger partial charge in [-0.3, -0.25) is 9.59 Å². The molecule has 1 fully saturated rings. The van der Waals surface area contributed by atoms with Crippen LogP contribution in [0.4, 0.5) is 11.5 Å². The molecular formula is C20H21ClN4O3. The Labute approximate surface area is 168 Å². The minimum atomic E-state index is -0.292. The summed E-state index contributed by atoms with van der Waals surface area (Å²) in [6.07, 6.45) is 3.54. The minimum absolute atomic E-state index is 0.0486. The molecule has 2 amide bonds. The zero-order valence-corrected chi connectivity index (χ0v) is 16.2. The Morgan fingerprint density at radius 1 is 1.36 bits per heavy atom. The van der Waals surface area contributed by atoms with Gasteiger partial charge in [0.15, 0.2) is 0 Å². The van der Waals surface area contributed by atoms with Crippen molar-refractivity contribution in [3.8, 4) is 5.75 Å². The molecule has 1 aromatic carbocycles. The van der Waals surface area contributed by atoms with Crippen LogP contribution < -0.4 is 15.4 Å². The third kappa shape index (κ3) is 4.61. The lowest BCUT2D eigenvalue weighted by Crippen LogP contribution is -2.31. The van der Waals surface area contributed by atoms with Gasteiger partial charge in [0, 0.05) is 36.4 Å². The van der Waals surface area contributed by atoms with Gasteiger partial charge in [-0.25, -0.2) is 4.98 Å². The first-order valence-electron chi connectivity index (χ1n) is 8.79. The van der Waals surface area contributed by atoms with Gasteiger partial charge < -0.3 is 20.3 Å². The number of rotatable bonds is 6. The molecule has 1 aromatic heterocycles. The van der Waals surface area contributed by atoms with Crippen molar-refractivity contribution in [1.82, 2.24) is 9.88 Å². The largest absolute Gasteiger partial charge is 0.495 e. The first-order chi connectivity index (χ1) is 13.5. The molecule has 1 saturated heterocycles. The van der Waals surface area contributed by atoms with Crippen LogP contribution in [-0.2, 0) is 4.79 Å². The molecule has 2 aromatic rings. The topological polar surface area (TPSA) is 83.6 Å². The smallest absolute Gasteiger partial charge is 0.253 e. The average Bonchev–Trinajstić information content (AvgIpc) is 3.17. The van der Waals surface area contributed by atoms with Gasteiger partial charge >= 0.3 is 0 Å². The molecule has 1 atom stereocenters. The van der Waals surface area contributed by atoms with E-state index in [1.54, 1.807) is 42.3 Å². The van der Waals surface area contributed by atoms with Gasteiger partial charge in [0.25, 0.3) is 5.91 Å². The summed E-state index contributed by atoms with van der Waals surface area (Å²) in [5.74, 6) is 0.865. The Balaban J connectivity index is 1.59. The van der Waals surface area contributed by atoms with Crippen molar-refractivity contribution in [1.29, 1.82) is 0 Å². The SMILES string of the molecule is C=CC(=O)Nc1ccc(C(=O)N2CC[C@H](Nc3cc(OC)c(Cl)cn3)C2)cc1. The molecule has 146 valence electrons. The summed E-state index contributed by atoms with van der Waals surface area (Å²) in [5, 5.41) is 6.42. The Kier molecular flexibility index (Phi) is 6.16. The molecular weight excluding hydrogens is 380 g/mol. The van der Waals surface area contributed by atoms with Crippen LogP contribution in [-0.4, -0.2) is 47.9 Å². The lowest BCUT2D eigenvalue weighted by atomic mass is 10.2. The third-order valence-electron chi connectivity index (χ3n) is 4.45. The molecule has 8 heteroatoms. The first-order valence-corrected chi connectivity index (χ1v) is 9.16. The maximum absolute atomic E-state index is 12.7. The third-order valence-corrected chi connectivity index (χ3v) is 4.74. The zero-order valence-electron chi connectivity index (χ0n) is 15.4. The molecule has 2 heterocycles. The average molecular weight is 401 g/mol. The first kappa shape index (κ1) is 19.7. The number of hydrogen-bond donors (Lipinski definition) is 2. The fourth-order valence-electron chi connectivity index (χ4n) is 3.00. The second kappa shape index (κ2) is 8.75. The second-order valence-corrected chi connectivity index (χ2v) is 6.76. The van der Waals surface area contributed by atoms with Crippen molar-refractivity contribution in [2.45, 2.75) is 12.5 Å². The molecule has 3 rings (SSSR count). The van der Waals surface area contributed by atoms with Gasteiger partial charge in [-0.05, 0) is 36.8 Å². The Morgan fingerprint density at radius 3 is 2.79 bits per heavy atom. The van der Waals surface area contributed by atoms with E-state index in [1.807, 2.05) is 0 Å². The van der Waals surface area contributed by atoms with Crippen LogP contribution in [0.5, 0.6) is 5.75 Å². The highest BCUT2D eigenvalue weighted by Gasteiger charge is 2.27. The lowest BCUT2D eigenvalue weighted by molar-refractivity contribution is -0.111. The summed E-state index contributed by atoms with van der Waals surface area (Å²) in [6, 6.07) is 8.63. The zero-order chi connectivity index (χ0) is 20.1. The Hall–Kier alpha value is -3.06. The number of amides is 2. The summed E-state index contributed by atoms with van der Waals surface area (Å²) in [4.78, 5) is 30.1. The molecule has 7 nitrogen and oxygen atoms in total. The highest BCUT2D eigenvalue weighted by molar-refractivity contribution is 6.31. The van der Waals surface area contributed by atoms with Crippen LogP contribution >= 0.6 is 11.6 Å². The van der Waals surface area contributed by atoms with E-state index in [4.69, 9.17) is 16.3 Å². The van der Waals surface area contributed by atoms with Crippen LogP contribution in [0.25, 0.3) is 0 Å². The summed E-state index contributed by atoms with van der Waals surface area (Å²) in [5.41, 5.74) is 1.19. The number of pyridine rings is 1. The number of carbonyl (C=O) groups excluding carboxylic acids is 2. The fraction of sp³-hybridized carbons (Fsp3) is 0.250. The molecule has 0 spiro atoms. The number of nitrogens with one attached hydrogen (secondary N) is 2. The summed E-state index contributed by atoms with van der Waals surface area (Å²) >= 11 is 6.00. The fourth-order valence-corrected chi connectivity index (χ4v) is 3.18. The van der Waals surface area contributed by atoms with Crippen molar-refractivity contribution < 1.29 is 14.3 Å². The number of likely N-dealkylation sites (tertiary alicyclic amines) is 1. The van der Waals surface area contributed by atoms with E-state index in [1.165, 1.54) is 12.3 Å². The molecule has 1 aliphatic heterocycles. The summed E-state index contributed by atoms with van der Waals surface area (Å²) < 4.78 is 5.20. The van der Waals surface area contributed by atoms with E-state index in [2.05, 4.69) is 22.2 Å². The van der Waals surface area contributed by atoms with E-state index in [0.717, 1.165) is 6.42 Å². The number of carbonyl (C=O) groups is 2. The molecule has 0 saturated carbocycles. The van der Waals surface area contributed by atoms with Crippen LogP contribution in [0, 0.1) is 0 Å². The van der Waals surface area contributed by atoms with E-state index in [0.29, 0.717) is 40.9 Å². The number of nitrogens with zero attached hydrogens (tertiary/aromatic N) is 2. The van der Waals surface area contributed by atoms with Gasteiger partial charge in [-0.1, -0.05) is 18.2 Å². The molecule has 1 aliphatic rings. The summed E-state index contributed by atoms with van der Waals surface area (Å²) in [7, 11) is 1.55. The van der Waals surface area contributed by atoms with E-state index in [-0.39, 0.29) is 17.9 Å². The standard InChI is InChI=1S/C20H21ClN4O3/c1-3-19(26)24-14-6-4-13(5-7-14)20(27)25-9-8-15(12-25)23-18-10-17(28-2)16(21)11-22-18/h3-7,10-11,15H,1,8-9,12H2,2H3,(H,22,23)(H,24,26)/t15-/m0/s1. The maximum atomic E-state index is 12.7. The van der Waals surface area contributed by atoms with Gasteiger partial charge in [0.1, 0.15) is 16.6 Å². The highest BCUT2D eigenvalue weighted by Crippen LogP contribution is 2.26. The predicted octanol–water partition coefficient (Wildman–Crippen LogP) is 3.19. The quantitative estimate of drug-likeness (QED) is 0.727. The van der Waals surface area contributed by atoms with Crippen LogP contribution in [0.2, 0.25) is 5.02 Å². The molecule has 2 N–H and O–H groups in total. The number of ether oxygens (including phenoxy) is 1. The lowest BCUT2D eigenvalue weighted by Gasteiger charge is -2.18. The molecule has 28 heavy (non-hydrogen) atoms. The number of benzene rings is 1. The summed E-state index contributed by atoms with van der Waals surface area (Å²) in [6.45, 7) is 4.63. The van der Waals surface area contributed by atoms with E-state index in [9.17, 15) is 9.59 Å². The van der Waals surface area contributed by atoms with Crippen LogP contribution in [0.15, 0.2) is 49.2 Å². The molecule has 0 aliphatic carbocycles. The van der Waals surface area contributed by atoms with E-state index < -0.39 is 0 Å².